The lowest BCUT2D eigenvalue weighted by atomic mass is 10.1. The summed E-state index contributed by atoms with van der Waals surface area (Å²) in [5, 5.41) is 0.570. The van der Waals surface area contributed by atoms with Gasteiger partial charge in [-0.1, -0.05) is 49.2 Å². The number of sulfone groups is 1. The van der Waals surface area contributed by atoms with E-state index in [0.29, 0.717) is 33.9 Å². The molecule has 1 N–H and O–H groups in total. The highest BCUT2D eigenvalue weighted by molar-refractivity contribution is 7.97. The van der Waals surface area contributed by atoms with E-state index >= 15 is 0 Å². The molecule has 0 radical (unpaired) electrons. The Hall–Kier alpha value is -1.91. The molecule has 0 aliphatic heterocycles. The van der Waals surface area contributed by atoms with Gasteiger partial charge in [-0.2, -0.15) is 0 Å². The molecule has 1 heterocycles. The fourth-order valence-corrected chi connectivity index (χ4v) is 5.55. The van der Waals surface area contributed by atoms with Crippen LogP contribution in [0, 0.1) is 0 Å². The minimum Gasteiger partial charge on any atom is -0.469 e. The third kappa shape index (κ3) is 6.58. The van der Waals surface area contributed by atoms with Crippen molar-refractivity contribution in [1.29, 1.82) is 0 Å². The van der Waals surface area contributed by atoms with Crippen LogP contribution in [0.25, 0.3) is 11.0 Å². The molecule has 0 aliphatic carbocycles. The van der Waals surface area contributed by atoms with E-state index in [1.807, 2.05) is 26.0 Å². The van der Waals surface area contributed by atoms with Crippen LogP contribution >= 0.6 is 35.1 Å². The molecule has 3 rings (SSSR count). The second-order valence-corrected chi connectivity index (χ2v) is 11.2. The lowest BCUT2D eigenvalue weighted by Crippen LogP contribution is -2.13. The Morgan fingerprint density at radius 3 is 2.27 bits per heavy atom. The summed E-state index contributed by atoms with van der Waals surface area (Å²) in [4.78, 5) is 21.0. The fourth-order valence-electron chi connectivity index (χ4n) is 2.99. The minimum atomic E-state index is -3.77. The number of nitrogens with zero attached hydrogens (tertiary/aromatic N) is 2. The summed E-state index contributed by atoms with van der Waals surface area (Å²) < 4.78 is 34.2. The summed E-state index contributed by atoms with van der Waals surface area (Å²) >= 11 is 13.5. The smallest absolute Gasteiger partial charge is 0.306 e. The molecular formula is C22H23Cl2N3O4S2. The number of fused-ring (bicyclic) bond motifs is 1. The van der Waals surface area contributed by atoms with Crippen molar-refractivity contribution >= 4 is 62.0 Å². The van der Waals surface area contributed by atoms with E-state index in [1.54, 1.807) is 18.2 Å². The van der Waals surface area contributed by atoms with Crippen molar-refractivity contribution in [3.8, 4) is 0 Å². The molecule has 0 bridgehead atoms. The first kappa shape index (κ1) is 25.7. The van der Waals surface area contributed by atoms with Crippen molar-refractivity contribution in [2.24, 2.45) is 0 Å². The summed E-state index contributed by atoms with van der Waals surface area (Å²) in [5.41, 5.74) is 1.88. The SMILES string of the molecule is COC(=O)CCNSc1ccc(CS(=O)(=O)c2nc3cc(Cl)c(Cl)cc3nc2C(C)C)cc1. The van der Waals surface area contributed by atoms with Gasteiger partial charge in [-0.15, -0.1) is 0 Å². The van der Waals surface area contributed by atoms with Gasteiger partial charge in [-0.25, -0.2) is 18.4 Å². The van der Waals surface area contributed by atoms with Crippen molar-refractivity contribution in [1.82, 2.24) is 14.7 Å². The van der Waals surface area contributed by atoms with Crippen LogP contribution in [0.3, 0.4) is 0 Å². The number of aromatic nitrogens is 2. The Balaban J connectivity index is 1.80. The number of ether oxygens (including phenoxy) is 1. The second kappa shape index (κ2) is 11.0. The largest absolute Gasteiger partial charge is 0.469 e. The Morgan fingerprint density at radius 1 is 1.09 bits per heavy atom. The van der Waals surface area contributed by atoms with Crippen LogP contribution in [0.15, 0.2) is 46.3 Å². The first-order valence-corrected chi connectivity index (χ1v) is 13.3. The first-order valence-electron chi connectivity index (χ1n) is 10.1. The number of halogens is 2. The summed E-state index contributed by atoms with van der Waals surface area (Å²) in [6, 6.07) is 10.2. The summed E-state index contributed by atoms with van der Waals surface area (Å²) in [6.45, 7) is 4.19. The molecule has 176 valence electrons. The summed E-state index contributed by atoms with van der Waals surface area (Å²) in [6.07, 6.45) is 0.266. The van der Waals surface area contributed by atoms with E-state index in [9.17, 15) is 13.2 Å². The zero-order chi connectivity index (χ0) is 24.2. The molecule has 0 saturated heterocycles. The Kier molecular flexibility index (Phi) is 8.58. The van der Waals surface area contributed by atoms with Crippen molar-refractivity contribution in [2.75, 3.05) is 13.7 Å². The predicted molar refractivity (Wildman–Crippen MR) is 131 cm³/mol. The number of esters is 1. The van der Waals surface area contributed by atoms with Crippen LogP contribution in [0.2, 0.25) is 10.0 Å². The van der Waals surface area contributed by atoms with E-state index in [2.05, 4.69) is 19.4 Å². The zero-order valence-electron chi connectivity index (χ0n) is 18.3. The molecular weight excluding hydrogens is 505 g/mol. The molecule has 0 amide bonds. The quantitative estimate of drug-likeness (QED) is 0.230. The molecule has 0 unspecified atom stereocenters. The van der Waals surface area contributed by atoms with Gasteiger partial charge in [0.05, 0.1) is 46.1 Å². The number of carbonyl (C=O) groups is 1. The molecule has 11 heteroatoms. The topological polar surface area (TPSA) is 98.2 Å². The van der Waals surface area contributed by atoms with Gasteiger partial charge in [0.15, 0.2) is 5.03 Å². The van der Waals surface area contributed by atoms with Gasteiger partial charge < -0.3 is 4.74 Å². The number of rotatable bonds is 9. The highest BCUT2D eigenvalue weighted by Gasteiger charge is 2.25. The van der Waals surface area contributed by atoms with Gasteiger partial charge in [-0.3, -0.25) is 9.52 Å². The fraction of sp³-hybridized carbons (Fsp3) is 0.318. The molecule has 0 atom stereocenters. The van der Waals surface area contributed by atoms with E-state index in [-0.39, 0.29) is 34.1 Å². The number of carbonyl (C=O) groups excluding carboxylic acids is 1. The summed E-state index contributed by atoms with van der Waals surface area (Å²) in [7, 11) is -2.43. The molecule has 0 saturated carbocycles. The Morgan fingerprint density at radius 2 is 1.70 bits per heavy atom. The van der Waals surface area contributed by atoms with Gasteiger partial charge >= 0.3 is 5.97 Å². The number of benzene rings is 2. The van der Waals surface area contributed by atoms with Crippen molar-refractivity contribution in [3.63, 3.8) is 0 Å². The molecule has 1 aromatic heterocycles. The second-order valence-electron chi connectivity index (χ2n) is 7.55. The third-order valence-electron chi connectivity index (χ3n) is 4.67. The van der Waals surface area contributed by atoms with Crippen molar-refractivity contribution in [3.05, 3.63) is 57.7 Å². The maximum atomic E-state index is 13.3. The van der Waals surface area contributed by atoms with E-state index in [0.717, 1.165) is 4.90 Å². The normalized spacial score (nSPS) is 11.8. The van der Waals surface area contributed by atoms with Gasteiger partial charge in [0.25, 0.3) is 0 Å². The van der Waals surface area contributed by atoms with E-state index in [4.69, 9.17) is 23.2 Å². The molecule has 2 aromatic carbocycles. The van der Waals surface area contributed by atoms with Crippen LogP contribution in [0.1, 0.15) is 37.4 Å². The van der Waals surface area contributed by atoms with Crippen molar-refractivity contribution in [2.45, 2.75) is 41.9 Å². The molecule has 0 aliphatic rings. The predicted octanol–water partition coefficient (Wildman–Crippen LogP) is 5.19. The van der Waals surface area contributed by atoms with Crippen LogP contribution in [-0.4, -0.2) is 38.0 Å². The van der Waals surface area contributed by atoms with Crippen LogP contribution in [-0.2, 0) is 25.1 Å². The maximum absolute atomic E-state index is 13.3. The molecule has 33 heavy (non-hydrogen) atoms. The maximum Gasteiger partial charge on any atom is 0.306 e. The summed E-state index contributed by atoms with van der Waals surface area (Å²) in [5.74, 6) is -0.655. The van der Waals surface area contributed by atoms with Crippen LogP contribution in [0.5, 0.6) is 0 Å². The van der Waals surface area contributed by atoms with Gasteiger partial charge in [0, 0.05) is 11.4 Å². The van der Waals surface area contributed by atoms with Gasteiger partial charge in [0.2, 0.25) is 9.84 Å². The number of hydrogen-bond donors (Lipinski definition) is 1. The molecule has 7 nitrogen and oxygen atoms in total. The average molecular weight is 528 g/mol. The monoisotopic (exact) mass is 527 g/mol. The van der Waals surface area contributed by atoms with Gasteiger partial charge in [-0.05, 0) is 47.7 Å². The number of hydrogen-bond acceptors (Lipinski definition) is 8. The van der Waals surface area contributed by atoms with Gasteiger partial charge in [0.1, 0.15) is 0 Å². The lowest BCUT2D eigenvalue weighted by Gasteiger charge is -2.14. The molecule has 0 fully saturated rings. The highest BCUT2D eigenvalue weighted by atomic mass is 35.5. The van der Waals surface area contributed by atoms with Crippen molar-refractivity contribution < 1.29 is 17.9 Å². The standard InChI is InChI=1S/C22H23Cl2N3O4S2/c1-13(2)21-22(27-19-11-17(24)16(23)10-18(19)26-21)33(29,30)12-14-4-6-15(7-5-14)32-25-9-8-20(28)31-3/h4-7,10-11,13,25H,8-9,12H2,1-3H3. The van der Waals surface area contributed by atoms with Crippen LogP contribution in [0.4, 0.5) is 0 Å². The Bertz CT molecular complexity index is 1270. The molecule has 3 aromatic rings. The zero-order valence-corrected chi connectivity index (χ0v) is 21.4. The van der Waals surface area contributed by atoms with Crippen LogP contribution < -0.4 is 4.72 Å². The number of nitrogens with one attached hydrogen (secondary N) is 1. The number of methoxy groups -OCH3 is 1. The first-order chi connectivity index (χ1) is 15.6. The van der Waals surface area contributed by atoms with E-state index < -0.39 is 9.84 Å². The minimum absolute atomic E-state index is 0.0497. The average Bonchev–Trinajstić information content (AvgIpc) is 2.77. The highest BCUT2D eigenvalue weighted by Crippen LogP contribution is 2.30. The Labute approximate surface area is 207 Å². The molecule has 0 spiro atoms. The van der Waals surface area contributed by atoms with E-state index in [1.165, 1.54) is 25.1 Å². The third-order valence-corrected chi connectivity index (χ3v) is 7.85. The lowest BCUT2D eigenvalue weighted by molar-refractivity contribution is -0.140.